The van der Waals surface area contributed by atoms with Crippen LogP contribution in [0, 0.1) is 0 Å². The Bertz CT molecular complexity index is 950. The molecule has 2 atom stereocenters. The number of carboxylic acids is 1. The highest BCUT2D eigenvalue weighted by Crippen LogP contribution is 2.32. The summed E-state index contributed by atoms with van der Waals surface area (Å²) in [6, 6.07) is 3.08. The largest absolute Gasteiger partial charge is 0.480 e. The highest BCUT2D eigenvalue weighted by molar-refractivity contribution is 7.82. The first-order chi connectivity index (χ1) is 14.3. The molecule has 0 saturated carbocycles. The molecule has 158 valence electrons. The molecule has 2 fully saturated rings. The molecule has 1 unspecified atom stereocenters. The predicted molar refractivity (Wildman–Crippen MR) is 105 cm³/mol. The number of rotatable bonds is 5. The molecule has 0 radical (unpaired) electrons. The van der Waals surface area contributed by atoms with Crippen molar-refractivity contribution in [3.8, 4) is 11.5 Å². The number of fused-ring (bicyclic) bond motifs is 2. The molecule has 2 N–H and O–H groups in total. The summed E-state index contributed by atoms with van der Waals surface area (Å²) < 4.78 is 10.6. The molecule has 1 aromatic carbocycles. The molecular weight excluding hydrogens is 414 g/mol. The van der Waals surface area contributed by atoms with E-state index in [1.165, 1.54) is 0 Å². The van der Waals surface area contributed by atoms with E-state index in [4.69, 9.17) is 21.7 Å². The summed E-state index contributed by atoms with van der Waals surface area (Å²) in [5.41, 5.74) is 0.749. The summed E-state index contributed by atoms with van der Waals surface area (Å²) in [7, 11) is 0. The zero-order valence-corrected chi connectivity index (χ0v) is 16.6. The standard InChI is InChI=1S/C19H19N3O7S/c23-16-4-2-11(18(25)22-12(19(26)27)5-6-21(16)22)20-17(24)15(30)8-10-1-3-13-14(7-10)29-9-28-13/h1,3,7,11-12H,2,4-6,8-9H2,(H,20,24)(H,26,27)/t11?,12-/m0/s1. The lowest BCUT2D eigenvalue weighted by atomic mass is 10.1. The molecule has 11 heteroatoms. The van der Waals surface area contributed by atoms with Crippen LogP contribution in [0.25, 0.3) is 0 Å². The molecule has 4 rings (SSSR count). The van der Waals surface area contributed by atoms with Crippen molar-refractivity contribution in [1.82, 2.24) is 15.3 Å². The molecule has 3 heterocycles. The number of carbonyl (C=O) groups excluding carboxylic acids is 3. The van der Waals surface area contributed by atoms with E-state index in [9.17, 15) is 24.3 Å². The van der Waals surface area contributed by atoms with Crippen molar-refractivity contribution in [2.75, 3.05) is 13.3 Å². The van der Waals surface area contributed by atoms with Crippen LogP contribution in [0.15, 0.2) is 18.2 Å². The first-order valence-electron chi connectivity index (χ1n) is 9.43. The Kier molecular flexibility index (Phi) is 5.29. The van der Waals surface area contributed by atoms with Gasteiger partial charge in [0.1, 0.15) is 6.04 Å². The quantitative estimate of drug-likeness (QED) is 0.624. The Hall–Kier alpha value is -3.21. The Labute approximate surface area is 176 Å². The number of aliphatic carboxylic acids is 1. The SMILES string of the molecule is O=C(NC1CCC(=O)N2CC[C@@H](C(=O)O)N2C1=O)C(=S)Cc1ccc2c(c1)OCO2. The Balaban J connectivity index is 1.44. The topological polar surface area (TPSA) is 125 Å². The van der Waals surface area contributed by atoms with Crippen molar-refractivity contribution in [2.45, 2.75) is 37.8 Å². The van der Waals surface area contributed by atoms with E-state index in [-0.39, 0.29) is 49.8 Å². The summed E-state index contributed by atoms with van der Waals surface area (Å²) >= 11 is 5.23. The number of carbonyl (C=O) groups is 4. The van der Waals surface area contributed by atoms with E-state index in [0.29, 0.717) is 11.5 Å². The third-order valence-electron chi connectivity index (χ3n) is 5.27. The number of nitrogens with zero attached hydrogens (tertiary/aromatic N) is 2. The maximum Gasteiger partial charge on any atom is 0.328 e. The average molecular weight is 433 g/mol. The van der Waals surface area contributed by atoms with Gasteiger partial charge in [-0.15, -0.1) is 0 Å². The summed E-state index contributed by atoms with van der Waals surface area (Å²) in [5, 5.41) is 14.1. The third kappa shape index (κ3) is 3.67. The molecule has 3 aliphatic rings. The number of hydrogen-bond donors (Lipinski definition) is 2. The number of carboxylic acid groups (broad SMARTS) is 1. The highest BCUT2D eigenvalue weighted by atomic mass is 32.1. The fraction of sp³-hybridized carbons (Fsp3) is 0.421. The van der Waals surface area contributed by atoms with Crippen molar-refractivity contribution in [2.24, 2.45) is 0 Å². The number of thiocarbonyl (C=S) groups is 1. The number of hydrogen-bond acceptors (Lipinski definition) is 7. The van der Waals surface area contributed by atoms with Gasteiger partial charge in [-0.2, -0.15) is 0 Å². The molecule has 2 saturated heterocycles. The van der Waals surface area contributed by atoms with Gasteiger partial charge in [0.05, 0.1) is 4.86 Å². The molecule has 1 aromatic rings. The van der Waals surface area contributed by atoms with Gasteiger partial charge in [0.15, 0.2) is 17.5 Å². The van der Waals surface area contributed by atoms with E-state index in [1.807, 2.05) is 0 Å². The van der Waals surface area contributed by atoms with Gasteiger partial charge in [-0.25, -0.2) is 9.80 Å². The van der Waals surface area contributed by atoms with Gasteiger partial charge in [-0.05, 0) is 24.1 Å². The van der Waals surface area contributed by atoms with Crippen LogP contribution in [-0.2, 0) is 25.6 Å². The summed E-state index contributed by atoms with van der Waals surface area (Å²) in [6.07, 6.45) is 0.408. The van der Waals surface area contributed by atoms with Gasteiger partial charge in [-0.3, -0.25) is 19.4 Å². The van der Waals surface area contributed by atoms with Crippen molar-refractivity contribution in [3.05, 3.63) is 23.8 Å². The van der Waals surface area contributed by atoms with Crippen LogP contribution < -0.4 is 14.8 Å². The number of hydrazine groups is 1. The predicted octanol–water partition coefficient (Wildman–Crippen LogP) is 0.0354. The number of benzene rings is 1. The highest BCUT2D eigenvalue weighted by Gasteiger charge is 2.46. The van der Waals surface area contributed by atoms with Crippen LogP contribution in [0.1, 0.15) is 24.8 Å². The lowest BCUT2D eigenvalue weighted by molar-refractivity contribution is -0.166. The van der Waals surface area contributed by atoms with Crippen LogP contribution in [0.2, 0.25) is 0 Å². The molecule has 30 heavy (non-hydrogen) atoms. The summed E-state index contributed by atoms with van der Waals surface area (Å²) in [5.74, 6) is -1.57. The number of nitrogens with one attached hydrogen (secondary N) is 1. The van der Waals surface area contributed by atoms with Gasteiger partial charge < -0.3 is 19.9 Å². The maximum absolute atomic E-state index is 12.9. The minimum absolute atomic E-state index is 0.0223. The Morgan fingerprint density at radius 3 is 2.73 bits per heavy atom. The molecule has 3 amide bonds. The third-order valence-corrected chi connectivity index (χ3v) is 5.60. The monoisotopic (exact) mass is 433 g/mol. The van der Waals surface area contributed by atoms with Crippen LogP contribution in [0.5, 0.6) is 11.5 Å². The fourth-order valence-electron chi connectivity index (χ4n) is 3.76. The van der Waals surface area contributed by atoms with Crippen molar-refractivity contribution >= 4 is 40.8 Å². The average Bonchev–Trinajstić information content (AvgIpc) is 3.34. The first kappa shape index (κ1) is 20.1. The molecule has 0 aliphatic carbocycles. The first-order valence-corrected chi connectivity index (χ1v) is 9.84. The van der Waals surface area contributed by atoms with Gasteiger partial charge in [0.25, 0.3) is 11.8 Å². The van der Waals surface area contributed by atoms with Crippen LogP contribution in [-0.4, -0.2) is 69.1 Å². The Morgan fingerprint density at radius 2 is 1.97 bits per heavy atom. The van der Waals surface area contributed by atoms with Crippen molar-refractivity contribution < 1.29 is 33.8 Å². The molecule has 0 bridgehead atoms. The lowest BCUT2D eigenvalue weighted by Crippen LogP contribution is -2.55. The summed E-state index contributed by atoms with van der Waals surface area (Å²) in [4.78, 5) is 49.3. The fourth-order valence-corrected chi connectivity index (χ4v) is 3.98. The zero-order valence-electron chi connectivity index (χ0n) is 15.8. The smallest absolute Gasteiger partial charge is 0.328 e. The molecule has 0 spiro atoms. The van der Waals surface area contributed by atoms with E-state index in [0.717, 1.165) is 15.6 Å². The van der Waals surface area contributed by atoms with Crippen LogP contribution >= 0.6 is 12.2 Å². The van der Waals surface area contributed by atoms with E-state index in [2.05, 4.69) is 5.32 Å². The van der Waals surface area contributed by atoms with Gasteiger partial charge >= 0.3 is 5.97 Å². The zero-order chi connectivity index (χ0) is 21.4. The van der Waals surface area contributed by atoms with Crippen LogP contribution in [0.3, 0.4) is 0 Å². The molecular formula is C19H19N3O7S. The molecule has 3 aliphatic heterocycles. The molecule has 10 nitrogen and oxygen atoms in total. The Morgan fingerprint density at radius 1 is 1.20 bits per heavy atom. The van der Waals surface area contributed by atoms with E-state index >= 15 is 0 Å². The van der Waals surface area contributed by atoms with E-state index in [1.54, 1.807) is 18.2 Å². The van der Waals surface area contributed by atoms with Crippen LogP contribution in [0.4, 0.5) is 0 Å². The van der Waals surface area contributed by atoms with Crippen molar-refractivity contribution in [3.63, 3.8) is 0 Å². The minimum atomic E-state index is -1.19. The second-order valence-corrected chi connectivity index (χ2v) is 7.69. The summed E-state index contributed by atoms with van der Waals surface area (Å²) in [6.45, 7) is 0.293. The van der Waals surface area contributed by atoms with Gasteiger partial charge in [0.2, 0.25) is 12.7 Å². The second-order valence-electron chi connectivity index (χ2n) is 7.19. The second kappa shape index (κ2) is 7.90. The van der Waals surface area contributed by atoms with Gasteiger partial charge in [0, 0.05) is 25.8 Å². The van der Waals surface area contributed by atoms with Crippen molar-refractivity contribution in [1.29, 1.82) is 0 Å². The van der Waals surface area contributed by atoms with Gasteiger partial charge in [-0.1, -0.05) is 18.3 Å². The number of ether oxygens (including phenoxy) is 2. The van der Waals surface area contributed by atoms with E-state index < -0.39 is 29.9 Å². The minimum Gasteiger partial charge on any atom is -0.480 e. The number of amides is 3. The lowest BCUT2D eigenvalue weighted by Gasteiger charge is -2.30. The normalized spacial score (nSPS) is 22.5. The maximum atomic E-state index is 12.9. The molecule has 0 aromatic heterocycles.